The van der Waals surface area contributed by atoms with Crippen LogP contribution >= 0.6 is 0 Å². The lowest BCUT2D eigenvalue weighted by Crippen LogP contribution is -2.35. The predicted molar refractivity (Wildman–Crippen MR) is 146 cm³/mol. The number of unbranched alkanes of at least 4 members (excludes halogenated alkanes) is 6. The van der Waals surface area contributed by atoms with Crippen molar-refractivity contribution in [3.63, 3.8) is 0 Å². The molecular weight excluding hydrogens is 446 g/mol. The predicted octanol–water partition coefficient (Wildman–Crippen LogP) is 4.96. The lowest BCUT2D eigenvalue weighted by Gasteiger charge is -2.31. The summed E-state index contributed by atoms with van der Waals surface area (Å²) in [6.07, 6.45) is 13.3. The molecule has 0 radical (unpaired) electrons. The van der Waals surface area contributed by atoms with Gasteiger partial charge in [-0.25, -0.2) is 4.98 Å². The molecule has 1 aliphatic heterocycles. The molecule has 3 aromatic rings. The van der Waals surface area contributed by atoms with Gasteiger partial charge in [0.15, 0.2) is 11.4 Å². The maximum absolute atomic E-state index is 11.9. The van der Waals surface area contributed by atoms with Crippen molar-refractivity contribution < 1.29 is 5.11 Å². The molecule has 0 amide bonds. The molecule has 0 unspecified atom stereocenters. The van der Waals surface area contributed by atoms with Crippen LogP contribution < -0.4 is 5.73 Å². The SMILES string of the molecule is NCCCCCCCCCN1CCC(Cn2cnc(C(O)(c3ccccc3)c3ccccc3)n2)CC1. The summed E-state index contributed by atoms with van der Waals surface area (Å²) >= 11 is 0. The zero-order valence-corrected chi connectivity index (χ0v) is 21.6. The van der Waals surface area contributed by atoms with Crippen molar-refractivity contribution in [2.24, 2.45) is 11.7 Å². The van der Waals surface area contributed by atoms with Crippen molar-refractivity contribution in [2.75, 3.05) is 26.2 Å². The van der Waals surface area contributed by atoms with Crippen molar-refractivity contribution in [2.45, 2.75) is 69.9 Å². The van der Waals surface area contributed by atoms with Crippen LogP contribution in [0.25, 0.3) is 0 Å². The van der Waals surface area contributed by atoms with Gasteiger partial charge < -0.3 is 15.7 Å². The molecule has 1 aliphatic rings. The Morgan fingerprint density at radius 2 is 1.36 bits per heavy atom. The second-order valence-electron chi connectivity index (χ2n) is 10.3. The van der Waals surface area contributed by atoms with E-state index < -0.39 is 5.60 Å². The molecule has 0 spiro atoms. The van der Waals surface area contributed by atoms with Crippen molar-refractivity contribution >= 4 is 0 Å². The Morgan fingerprint density at radius 3 is 1.94 bits per heavy atom. The third-order valence-electron chi connectivity index (χ3n) is 7.57. The normalized spacial score (nSPS) is 15.4. The minimum atomic E-state index is -1.37. The number of aromatic nitrogens is 3. The molecule has 6 heteroatoms. The lowest BCUT2D eigenvalue weighted by molar-refractivity contribution is 0.114. The minimum Gasteiger partial charge on any atom is -0.373 e. The van der Waals surface area contributed by atoms with E-state index in [2.05, 4.69) is 9.88 Å². The van der Waals surface area contributed by atoms with Gasteiger partial charge in [-0.2, -0.15) is 5.10 Å². The van der Waals surface area contributed by atoms with E-state index in [4.69, 9.17) is 10.8 Å². The van der Waals surface area contributed by atoms with Crippen LogP contribution in [0.5, 0.6) is 0 Å². The number of hydrogen-bond acceptors (Lipinski definition) is 5. The fourth-order valence-electron chi connectivity index (χ4n) is 5.35. The van der Waals surface area contributed by atoms with E-state index in [1.165, 1.54) is 77.4 Å². The molecule has 6 nitrogen and oxygen atoms in total. The first-order chi connectivity index (χ1) is 17.7. The van der Waals surface area contributed by atoms with Crippen LogP contribution in [0.15, 0.2) is 67.0 Å². The molecule has 36 heavy (non-hydrogen) atoms. The average Bonchev–Trinajstić information content (AvgIpc) is 3.40. The highest BCUT2D eigenvalue weighted by molar-refractivity contribution is 5.41. The molecule has 0 atom stereocenters. The molecule has 1 aromatic heterocycles. The van der Waals surface area contributed by atoms with Crippen molar-refractivity contribution in [1.82, 2.24) is 19.7 Å². The maximum Gasteiger partial charge on any atom is 0.191 e. The highest BCUT2D eigenvalue weighted by Gasteiger charge is 2.37. The Bertz CT molecular complexity index is 959. The second-order valence-corrected chi connectivity index (χ2v) is 10.3. The Balaban J connectivity index is 1.27. The minimum absolute atomic E-state index is 0.431. The highest BCUT2D eigenvalue weighted by Crippen LogP contribution is 2.34. The maximum atomic E-state index is 11.9. The van der Waals surface area contributed by atoms with Gasteiger partial charge in [0.1, 0.15) is 6.33 Å². The zero-order chi connectivity index (χ0) is 25.1. The standard InChI is InChI=1S/C30H43N5O/c31-20-12-4-2-1-3-5-13-21-34-22-18-26(19-23-34)24-35-25-32-29(33-35)30(36,27-14-8-6-9-15-27)28-16-10-7-11-17-28/h6-11,14-17,25-26,36H,1-5,12-13,18-24,31H2. The first-order valence-corrected chi connectivity index (χ1v) is 13.9. The third-order valence-corrected chi connectivity index (χ3v) is 7.57. The van der Waals surface area contributed by atoms with Crippen LogP contribution in [0.1, 0.15) is 74.7 Å². The molecule has 2 aromatic carbocycles. The number of rotatable bonds is 14. The molecule has 3 N–H and O–H groups in total. The summed E-state index contributed by atoms with van der Waals surface area (Å²) in [6, 6.07) is 19.4. The van der Waals surface area contributed by atoms with Crippen molar-refractivity contribution in [3.8, 4) is 0 Å². The number of hydrogen-bond donors (Lipinski definition) is 2. The molecule has 0 saturated carbocycles. The van der Waals surface area contributed by atoms with Gasteiger partial charge in [0.2, 0.25) is 0 Å². The molecular formula is C30H43N5O. The first-order valence-electron chi connectivity index (χ1n) is 13.9. The Labute approximate surface area is 216 Å². The highest BCUT2D eigenvalue weighted by atomic mass is 16.3. The molecule has 0 bridgehead atoms. The summed E-state index contributed by atoms with van der Waals surface area (Å²) in [5.41, 5.74) is 5.74. The number of nitrogens with zero attached hydrogens (tertiary/aromatic N) is 4. The fourth-order valence-corrected chi connectivity index (χ4v) is 5.35. The lowest BCUT2D eigenvalue weighted by atomic mass is 9.86. The van der Waals surface area contributed by atoms with Gasteiger partial charge in [-0.3, -0.25) is 4.68 Å². The number of nitrogens with two attached hydrogens (primary N) is 1. The van der Waals surface area contributed by atoms with Crippen molar-refractivity contribution in [3.05, 3.63) is 83.9 Å². The van der Waals surface area contributed by atoms with Gasteiger partial charge in [-0.05, 0) is 68.9 Å². The van der Waals surface area contributed by atoms with E-state index in [9.17, 15) is 5.11 Å². The number of benzene rings is 2. The van der Waals surface area contributed by atoms with Gasteiger partial charge in [-0.1, -0.05) is 92.8 Å². The van der Waals surface area contributed by atoms with E-state index >= 15 is 0 Å². The Morgan fingerprint density at radius 1 is 0.806 bits per heavy atom. The van der Waals surface area contributed by atoms with Gasteiger partial charge >= 0.3 is 0 Å². The van der Waals surface area contributed by atoms with Crippen molar-refractivity contribution in [1.29, 1.82) is 0 Å². The second kappa shape index (κ2) is 13.7. The Hall–Kier alpha value is -2.54. The summed E-state index contributed by atoms with van der Waals surface area (Å²) in [5.74, 6) is 1.03. The smallest absolute Gasteiger partial charge is 0.191 e. The van der Waals surface area contributed by atoms with Crippen LogP contribution in [0, 0.1) is 5.92 Å². The van der Waals surface area contributed by atoms with Crippen LogP contribution in [-0.4, -0.2) is 50.9 Å². The van der Waals surface area contributed by atoms with E-state index in [1.54, 1.807) is 6.33 Å². The Kier molecular flexibility index (Phi) is 10.1. The number of likely N-dealkylation sites (tertiary alicyclic amines) is 1. The molecule has 4 rings (SSSR count). The summed E-state index contributed by atoms with van der Waals surface area (Å²) in [6.45, 7) is 5.24. The van der Waals surface area contributed by atoms with Gasteiger partial charge in [0.25, 0.3) is 0 Å². The molecule has 1 fully saturated rings. The van der Waals surface area contributed by atoms with E-state index in [-0.39, 0.29) is 0 Å². The molecule has 0 aliphatic carbocycles. The van der Waals surface area contributed by atoms with Crippen LogP contribution in [-0.2, 0) is 12.1 Å². The van der Waals surface area contributed by atoms with Gasteiger partial charge in [0, 0.05) is 6.54 Å². The summed E-state index contributed by atoms with van der Waals surface area (Å²) in [5, 5.41) is 16.7. The summed E-state index contributed by atoms with van der Waals surface area (Å²) in [7, 11) is 0. The summed E-state index contributed by atoms with van der Waals surface area (Å²) < 4.78 is 1.93. The zero-order valence-electron chi connectivity index (χ0n) is 21.6. The molecule has 1 saturated heterocycles. The fraction of sp³-hybridized carbons (Fsp3) is 0.533. The largest absolute Gasteiger partial charge is 0.373 e. The van der Waals surface area contributed by atoms with Crippen LogP contribution in [0.2, 0.25) is 0 Å². The van der Waals surface area contributed by atoms with E-state index in [0.717, 1.165) is 24.2 Å². The van der Waals surface area contributed by atoms with Gasteiger partial charge in [0.05, 0.1) is 0 Å². The monoisotopic (exact) mass is 489 g/mol. The number of aliphatic hydroxyl groups is 1. The summed E-state index contributed by atoms with van der Waals surface area (Å²) in [4.78, 5) is 7.21. The topological polar surface area (TPSA) is 80.2 Å². The quantitative estimate of drug-likeness (QED) is 0.313. The van der Waals surface area contributed by atoms with Crippen LogP contribution in [0.3, 0.4) is 0 Å². The molecule has 2 heterocycles. The van der Waals surface area contributed by atoms with E-state index in [1.807, 2.05) is 65.3 Å². The number of piperidine rings is 1. The molecule has 194 valence electrons. The van der Waals surface area contributed by atoms with E-state index in [0.29, 0.717) is 11.7 Å². The third kappa shape index (κ3) is 7.02. The average molecular weight is 490 g/mol. The first kappa shape index (κ1) is 26.5. The van der Waals surface area contributed by atoms with Gasteiger partial charge in [-0.15, -0.1) is 0 Å². The van der Waals surface area contributed by atoms with Crippen LogP contribution in [0.4, 0.5) is 0 Å².